The van der Waals surface area contributed by atoms with Gasteiger partial charge in [-0.1, -0.05) is 13.3 Å². The molecule has 0 radical (unpaired) electrons. The molecule has 0 bridgehead atoms. The van der Waals surface area contributed by atoms with Gasteiger partial charge in [0, 0.05) is 26.7 Å². The third-order valence-electron chi connectivity index (χ3n) is 6.82. The predicted molar refractivity (Wildman–Crippen MR) is 125 cm³/mol. The number of carbonyl (C=O) groups is 1. The summed E-state index contributed by atoms with van der Waals surface area (Å²) in [6.07, 6.45) is 4.36. The van der Waals surface area contributed by atoms with Crippen molar-refractivity contribution in [1.29, 1.82) is 0 Å². The van der Waals surface area contributed by atoms with Crippen molar-refractivity contribution in [2.24, 2.45) is 13.0 Å². The number of benzene rings is 1. The first kappa shape index (κ1) is 23.8. The van der Waals surface area contributed by atoms with Gasteiger partial charge in [0.15, 0.2) is 23.1 Å². The van der Waals surface area contributed by atoms with E-state index >= 15 is 0 Å². The van der Waals surface area contributed by atoms with Gasteiger partial charge in [0.1, 0.15) is 18.0 Å². The minimum atomic E-state index is -0.905. The van der Waals surface area contributed by atoms with E-state index in [0.717, 1.165) is 18.6 Å². The molecular formula is C24H26F2N6O4. The molecule has 2 aliphatic heterocycles. The Morgan fingerprint density at radius 3 is 2.67 bits per heavy atom. The smallest absolute Gasteiger partial charge is 0.352 e. The molecule has 190 valence electrons. The SMILES string of the molecule is CC[C@H]1CN2c3cc(OCc4cc(F)c(Oc5cnn(C)c5)c(F)c4)nc(=O)n3C[C@@]2(C(=O)NC)C1. The van der Waals surface area contributed by atoms with Crippen LogP contribution in [0.4, 0.5) is 14.6 Å². The number of hydrogen-bond acceptors (Lipinski definition) is 7. The number of aryl methyl sites for hydroxylation is 1. The number of aromatic nitrogens is 4. The zero-order valence-corrected chi connectivity index (χ0v) is 20.1. The predicted octanol–water partition coefficient (Wildman–Crippen LogP) is 2.36. The lowest BCUT2D eigenvalue weighted by Gasteiger charge is -2.30. The summed E-state index contributed by atoms with van der Waals surface area (Å²) in [6.45, 7) is 2.68. The maximum atomic E-state index is 14.6. The fourth-order valence-corrected chi connectivity index (χ4v) is 5.04. The molecule has 0 aliphatic carbocycles. The molecule has 1 fully saturated rings. The van der Waals surface area contributed by atoms with Crippen molar-refractivity contribution in [3.05, 3.63) is 58.3 Å². The number of halogens is 2. The summed E-state index contributed by atoms with van der Waals surface area (Å²) < 4.78 is 43.0. The van der Waals surface area contributed by atoms with Crippen LogP contribution in [0.5, 0.6) is 17.4 Å². The second kappa shape index (κ2) is 8.92. The van der Waals surface area contributed by atoms with Gasteiger partial charge in [-0.2, -0.15) is 10.1 Å². The number of anilines is 1. The molecular weight excluding hydrogens is 474 g/mol. The van der Waals surface area contributed by atoms with Crippen LogP contribution in [0.2, 0.25) is 0 Å². The Morgan fingerprint density at radius 1 is 1.28 bits per heavy atom. The van der Waals surface area contributed by atoms with Gasteiger partial charge in [0.05, 0.1) is 18.9 Å². The van der Waals surface area contributed by atoms with E-state index in [1.807, 2.05) is 4.90 Å². The van der Waals surface area contributed by atoms with Crippen LogP contribution in [-0.2, 0) is 25.0 Å². The summed E-state index contributed by atoms with van der Waals surface area (Å²) >= 11 is 0. The summed E-state index contributed by atoms with van der Waals surface area (Å²) in [6, 6.07) is 3.78. The summed E-state index contributed by atoms with van der Waals surface area (Å²) in [4.78, 5) is 31.5. The molecule has 2 aromatic heterocycles. The van der Waals surface area contributed by atoms with Crippen LogP contribution in [0.1, 0.15) is 25.3 Å². The Morgan fingerprint density at radius 2 is 2.03 bits per heavy atom. The molecule has 1 amide bonds. The topological polar surface area (TPSA) is 104 Å². The highest BCUT2D eigenvalue weighted by molar-refractivity contribution is 5.91. The van der Waals surface area contributed by atoms with Crippen molar-refractivity contribution in [3.8, 4) is 17.4 Å². The monoisotopic (exact) mass is 500 g/mol. The molecule has 5 rings (SSSR count). The van der Waals surface area contributed by atoms with Crippen LogP contribution >= 0.6 is 0 Å². The van der Waals surface area contributed by atoms with Crippen LogP contribution < -0.4 is 25.4 Å². The Labute approximate surface area is 205 Å². The fraction of sp³-hybridized carbons (Fsp3) is 0.417. The minimum absolute atomic E-state index is 0.00964. The van der Waals surface area contributed by atoms with Gasteiger partial charge in [-0.3, -0.25) is 14.0 Å². The van der Waals surface area contributed by atoms with Gasteiger partial charge in [-0.15, -0.1) is 0 Å². The van der Waals surface area contributed by atoms with Crippen molar-refractivity contribution in [1.82, 2.24) is 24.6 Å². The highest BCUT2D eigenvalue weighted by Crippen LogP contribution is 2.44. The minimum Gasteiger partial charge on any atom is -0.473 e. The van der Waals surface area contributed by atoms with Crippen LogP contribution in [0.3, 0.4) is 0 Å². The second-order valence-corrected chi connectivity index (χ2v) is 9.15. The number of fused-ring (bicyclic) bond motifs is 3. The molecule has 0 spiro atoms. The van der Waals surface area contributed by atoms with Crippen molar-refractivity contribution < 1.29 is 23.0 Å². The van der Waals surface area contributed by atoms with Gasteiger partial charge >= 0.3 is 5.69 Å². The molecule has 2 aliphatic rings. The Kier molecular flexibility index (Phi) is 5.89. The lowest BCUT2D eigenvalue weighted by molar-refractivity contribution is -0.125. The molecule has 1 saturated heterocycles. The first-order valence-electron chi connectivity index (χ1n) is 11.6. The molecule has 0 saturated carbocycles. The van der Waals surface area contributed by atoms with Crippen molar-refractivity contribution >= 4 is 11.7 Å². The molecule has 1 N–H and O–H groups in total. The molecule has 2 atom stereocenters. The average molecular weight is 501 g/mol. The summed E-state index contributed by atoms with van der Waals surface area (Å²) in [7, 11) is 3.24. The van der Waals surface area contributed by atoms with E-state index in [1.54, 1.807) is 20.2 Å². The average Bonchev–Trinajstić information content (AvgIpc) is 3.52. The normalized spacial score (nSPS) is 20.2. The van der Waals surface area contributed by atoms with Gasteiger partial charge in [0.2, 0.25) is 11.8 Å². The third kappa shape index (κ3) is 3.95. The molecule has 4 heterocycles. The lowest BCUT2D eigenvalue weighted by atomic mass is 9.90. The molecule has 0 unspecified atom stereocenters. The van der Waals surface area contributed by atoms with Gasteiger partial charge < -0.3 is 19.7 Å². The van der Waals surface area contributed by atoms with Gasteiger partial charge in [-0.05, 0) is 30.0 Å². The van der Waals surface area contributed by atoms with E-state index in [4.69, 9.17) is 9.47 Å². The van der Waals surface area contributed by atoms with E-state index < -0.39 is 28.6 Å². The summed E-state index contributed by atoms with van der Waals surface area (Å²) in [5.74, 6) is -1.45. The lowest BCUT2D eigenvalue weighted by Crippen LogP contribution is -2.53. The van der Waals surface area contributed by atoms with E-state index in [9.17, 15) is 18.4 Å². The van der Waals surface area contributed by atoms with E-state index in [-0.39, 0.29) is 36.3 Å². The molecule has 12 heteroatoms. The van der Waals surface area contributed by atoms with Crippen molar-refractivity contribution in [3.63, 3.8) is 0 Å². The number of nitrogens with zero attached hydrogens (tertiary/aromatic N) is 5. The van der Waals surface area contributed by atoms with Crippen molar-refractivity contribution in [2.75, 3.05) is 18.5 Å². The summed E-state index contributed by atoms with van der Waals surface area (Å²) in [5.41, 5.74) is -1.21. The quantitative estimate of drug-likeness (QED) is 0.531. The number of likely N-dealkylation sites (N-methyl/N-ethyl adjacent to an activating group) is 1. The van der Waals surface area contributed by atoms with Gasteiger partial charge in [0.25, 0.3) is 0 Å². The molecule has 36 heavy (non-hydrogen) atoms. The maximum absolute atomic E-state index is 14.6. The molecule has 3 aromatic rings. The number of hydrogen-bond donors (Lipinski definition) is 1. The van der Waals surface area contributed by atoms with E-state index in [2.05, 4.69) is 22.3 Å². The van der Waals surface area contributed by atoms with Crippen LogP contribution in [0, 0.1) is 17.6 Å². The third-order valence-corrected chi connectivity index (χ3v) is 6.82. The Bertz CT molecular complexity index is 1370. The maximum Gasteiger partial charge on any atom is 0.352 e. The first-order valence-corrected chi connectivity index (χ1v) is 11.6. The first-order chi connectivity index (χ1) is 17.2. The highest BCUT2D eigenvalue weighted by Gasteiger charge is 2.55. The summed E-state index contributed by atoms with van der Waals surface area (Å²) in [5, 5.41) is 6.63. The zero-order valence-electron chi connectivity index (χ0n) is 20.1. The largest absolute Gasteiger partial charge is 0.473 e. The second-order valence-electron chi connectivity index (χ2n) is 9.15. The number of nitrogens with one attached hydrogen (secondary N) is 1. The zero-order chi connectivity index (χ0) is 25.6. The number of ether oxygens (including phenoxy) is 2. The van der Waals surface area contributed by atoms with Crippen LogP contribution in [-0.4, -0.2) is 44.4 Å². The fourth-order valence-electron chi connectivity index (χ4n) is 5.04. The number of amides is 1. The Hall–Kier alpha value is -3.96. The highest BCUT2D eigenvalue weighted by atomic mass is 19.1. The van der Waals surface area contributed by atoms with Crippen molar-refractivity contribution in [2.45, 2.75) is 38.5 Å². The van der Waals surface area contributed by atoms with Crippen LogP contribution in [0.25, 0.3) is 0 Å². The number of carbonyl (C=O) groups excluding carboxylic acids is 1. The standard InChI is InChI=1S/C24H26F2N6O4/c1-4-14-8-24(22(33)27-2)13-31-20(32(24)10-14)7-19(29-23(31)34)35-12-15-5-17(25)21(18(26)6-15)36-16-9-28-30(3)11-16/h5-7,9,11,14H,4,8,10,12-13H2,1-3H3,(H,27,33)/t14-,24-/m1/s1. The number of rotatable bonds is 7. The molecule has 1 aromatic carbocycles. The van der Waals surface area contributed by atoms with Gasteiger partial charge in [-0.25, -0.2) is 13.6 Å². The molecule has 10 nitrogen and oxygen atoms in total. The van der Waals surface area contributed by atoms with E-state index in [0.29, 0.717) is 24.7 Å². The van der Waals surface area contributed by atoms with Crippen LogP contribution in [0.15, 0.2) is 35.4 Å². The van der Waals surface area contributed by atoms with E-state index in [1.165, 1.54) is 21.6 Å². The Balaban J connectivity index is 1.36.